The zero-order valence-electron chi connectivity index (χ0n) is 29.4. The molecule has 1 aromatic carbocycles. The highest BCUT2D eigenvalue weighted by Gasteiger charge is 2.25. The van der Waals surface area contributed by atoms with Gasteiger partial charge < -0.3 is 42.4 Å². The molecule has 15 heteroatoms. The fraction of sp³-hybridized carbons (Fsp3) is 0.629. The molecule has 15 nitrogen and oxygen atoms in total. The summed E-state index contributed by atoms with van der Waals surface area (Å²) < 4.78 is 0. The smallest absolute Gasteiger partial charge is 0.320 e. The number of fused-ring (bicyclic) bond motifs is 1. The number of nitrogens with one attached hydrogen (secondary N) is 3. The standard InChI is InChI=1S/C35H55N11O4/c1-25(47)46(28-9-3-2-4-10-28)20-8-19-38-17-7-18-39-23-27(44-37)24-40-35-42-31-12-6-5-11-29(31)33(43-35)41-26-15-21-45(22-16-26)32(48)14-13-30(36)34(49)50/h5-6,11-12,23,26,28,30,38H,2-4,7-10,13-22,24,36-37H2,1H3,(H,49,50)(H2,40,41,42,43)/t30-/m0/s1. The minimum Gasteiger partial charge on any atom is -0.480 e. The third-order valence-electron chi connectivity index (χ3n) is 9.43. The van der Waals surface area contributed by atoms with Crippen LogP contribution in [0, 0.1) is 0 Å². The Morgan fingerprint density at radius 3 is 2.54 bits per heavy atom. The van der Waals surface area contributed by atoms with Crippen molar-refractivity contribution in [2.45, 2.75) is 95.7 Å². The minimum atomic E-state index is -1.10. The zero-order chi connectivity index (χ0) is 35.7. The summed E-state index contributed by atoms with van der Waals surface area (Å²) in [5.74, 6) is 5.80. The summed E-state index contributed by atoms with van der Waals surface area (Å²) in [5, 5.41) is 24.0. The summed E-state index contributed by atoms with van der Waals surface area (Å²) in [6.45, 7) is 6.27. The second-order valence-electron chi connectivity index (χ2n) is 13.2. The second-order valence-corrected chi connectivity index (χ2v) is 13.2. The number of amides is 2. The van der Waals surface area contributed by atoms with Crippen LogP contribution in [0.3, 0.4) is 0 Å². The molecule has 2 amide bonds. The van der Waals surface area contributed by atoms with Gasteiger partial charge in [0.05, 0.1) is 17.8 Å². The van der Waals surface area contributed by atoms with Crippen molar-refractivity contribution >= 4 is 52.4 Å². The number of aromatic nitrogens is 2. The van der Waals surface area contributed by atoms with Gasteiger partial charge in [0.15, 0.2) is 0 Å². The van der Waals surface area contributed by atoms with E-state index in [1.165, 1.54) is 19.3 Å². The number of aliphatic imine (C=N–C) groups is 1. The van der Waals surface area contributed by atoms with Crippen molar-refractivity contribution in [3.63, 3.8) is 0 Å². The van der Waals surface area contributed by atoms with Crippen LogP contribution in [-0.2, 0) is 14.4 Å². The molecule has 0 unspecified atom stereocenters. The molecule has 1 saturated carbocycles. The lowest BCUT2D eigenvalue weighted by molar-refractivity contribution is -0.139. The summed E-state index contributed by atoms with van der Waals surface area (Å²) in [5.41, 5.74) is 6.91. The third-order valence-corrected chi connectivity index (χ3v) is 9.43. The number of anilines is 2. The van der Waals surface area contributed by atoms with E-state index < -0.39 is 12.0 Å². The molecule has 0 radical (unpaired) electrons. The maximum Gasteiger partial charge on any atom is 0.320 e. The van der Waals surface area contributed by atoms with Crippen LogP contribution in [-0.4, -0.2) is 119 Å². The number of hydrogen-bond donors (Lipinski definition) is 6. The molecule has 0 spiro atoms. The van der Waals surface area contributed by atoms with E-state index in [1.54, 1.807) is 18.0 Å². The number of hydrazone groups is 1. The highest BCUT2D eigenvalue weighted by molar-refractivity contribution is 6.32. The molecule has 2 aliphatic rings. The van der Waals surface area contributed by atoms with Crippen molar-refractivity contribution in [1.82, 2.24) is 25.1 Å². The average molecular weight is 694 g/mol. The van der Waals surface area contributed by atoms with Crippen LogP contribution >= 0.6 is 0 Å². The Labute approximate surface area is 294 Å². The van der Waals surface area contributed by atoms with E-state index in [9.17, 15) is 14.4 Å². The topological polar surface area (TPSA) is 217 Å². The Balaban J connectivity index is 1.18. The van der Waals surface area contributed by atoms with E-state index in [0.29, 0.717) is 49.7 Å². The molecule has 8 N–H and O–H groups in total. The van der Waals surface area contributed by atoms with E-state index in [2.05, 4.69) is 35.9 Å². The lowest BCUT2D eigenvalue weighted by atomic mass is 9.94. The van der Waals surface area contributed by atoms with Crippen molar-refractivity contribution in [2.24, 2.45) is 21.7 Å². The zero-order valence-corrected chi connectivity index (χ0v) is 29.4. The highest BCUT2D eigenvalue weighted by Crippen LogP contribution is 2.25. The molecule has 1 aliphatic carbocycles. The Morgan fingerprint density at radius 1 is 1.08 bits per heavy atom. The minimum absolute atomic E-state index is 0.0739. The van der Waals surface area contributed by atoms with Crippen LogP contribution in [0.4, 0.5) is 11.8 Å². The monoisotopic (exact) mass is 693 g/mol. The van der Waals surface area contributed by atoms with Gasteiger partial charge >= 0.3 is 5.97 Å². The largest absolute Gasteiger partial charge is 0.480 e. The molecule has 4 rings (SSSR count). The number of hydrogen-bond acceptors (Lipinski definition) is 12. The number of piperidine rings is 1. The number of para-hydroxylation sites is 1. The Hall–Kier alpha value is -4.37. The van der Waals surface area contributed by atoms with Gasteiger partial charge in [-0.15, -0.1) is 0 Å². The van der Waals surface area contributed by atoms with Crippen LogP contribution in [0.5, 0.6) is 0 Å². The summed E-state index contributed by atoms with van der Waals surface area (Å²) in [6.07, 6.45) is 11.2. The number of likely N-dealkylation sites (tertiary alicyclic amines) is 1. The van der Waals surface area contributed by atoms with Gasteiger partial charge in [-0.05, 0) is 70.2 Å². The predicted octanol–water partition coefficient (Wildman–Crippen LogP) is 2.57. The molecule has 1 saturated heterocycles. The van der Waals surface area contributed by atoms with Crippen LogP contribution in [0.15, 0.2) is 34.4 Å². The third kappa shape index (κ3) is 12.2. The van der Waals surface area contributed by atoms with Crippen molar-refractivity contribution in [3.05, 3.63) is 24.3 Å². The van der Waals surface area contributed by atoms with E-state index in [0.717, 1.165) is 69.1 Å². The first-order chi connectivity index (χ1) is 24.2. The van der Waals surface area contributed by atoms with Gasteiger partial charge in [0.2, 0.25) is 17.8 Å². The van der Waals surface area contributed by atoms with Gasteiger partial charge in [-0.25, -0.2) is 4.98 Å². The van der Waals surface area contributed by atoms with E-state index in [-0.39, 0.29) is 30.7 Å². The average Bonchev–Trinajstić information content (AvgIpc) is 3.13. The second kappa shape index (κ2) is 20.3. The van der Waals surface area contributed by atoms with Crippen LogP contribution in [0.2, 0.25) is 0 Å². The molecular formula is C35H55N11O4. The number of aliphatic carboxylic acids is 1. The summed E-state index contributed by atoms with van der Waals surface area (Å²) in [4.78, 5) is 53.4. The lowest BCUT2D eigenvalue weighted by Crippen LogP contribution is -2.43. The Morgan fingerprint density at radius 2 is 1.82 bits per heavy atom. The normalized spacial score (nSPS) is 16.8. The molecule has 274 valence electrons. The molecule has 2 aromatic rings. The number of benzene rings is 1. The van der Waals surface area contributed by atoms with Crippen LogP contribution in [0.25, 0.3) is 10.9 Å². The molecule has 1 aliphatic heterocycles. The fourth-order valence-corrected chi connectivity index (χ4v) is 6.54. The van der Waals surface area contributed by atoms with Crippen molar-refractivity contribution < 1.29 is 19.5 Å². The maximum absolute atomic E-state index is 12.6. The van der Waals surface area contributed by atoms with Crippen LogP contribution < -0.4 is 27.5 Å². The van der Waals surface area contributed by atoms with Crippen LogP contribution in [0.1, 0.15) is 77.6 Å². The van der Waals surface area contributed by atoms with Gasteiger partial charge in [0, 0.05) is 63.2 Å². The first-order valence-electron chi connectivity index (χ1n) is 18.0. The first-order valence-corrected chi connectivity index (χ1v) is 18.0. The van der Waals surface area contributed by atoms with Gasteiger partial charge in [-0.3, -0.25) is 19.4 Å². The van der Waals surface area contributed by atoms with Gasteiger partial charge in [0.1, 0.15) is 11.9 Å². The van der Waals surface area contributed by atoms with Crippen molar-refractivity contribution in [1.29, 1.82) is 0 Å². The number of nitrogens with zero attached hydrogens (tertiary/aromatic N) is 6. The fourth-order valence-electron chi connectivity index (χ4n) is 6.54. The molecule has 2 heterocycles. The summed E-state index contributed by atoms with van der Waals surface area (Å²) >= 11 is 0. The van der Waals surface area contributed by atoms with E-state index >= 15 is 0 Å². The SMILES string of the molecule is CC(=O)N(CCCNCCCN=CC(CNc1nc(NC2CCN(C(=O)CC[C@H](N)C(=O)O)CC2)c2ccccc2n1)=NN)C1CCCCC1. The predicted molar refractivity (Wildman–Crippen MR) is 197 cm³/mol. The number of carbonyl (C=O) groups is 3. The molecule has 50 heavy (non-hydrogen) atoms. The quantitative estimate of drug-likeness (QED) is 0.0544. The van der Waals surface area contributed by atoms with Crippen molar-refractivity contribution in [2.75, 3.05) is 56.4 Å². The summed E-state index contributed by atoms with van der Waals surface area (Å²) in [7, 11) is 0. The van der Waals surface area contributed by atoms with Gasteiger partial charge in [-0.2, -0.15) is 10.1 Å². The highest BCUT2D eigenvalue weighted by atomic mass is 16.4. The number of nitrogens with two attached hydrogens (primary N) is 2. The lowest BCUT2D eigenvalue weighted by Gasteiger charge is -2.33. The number of carboxylic acids is 1. The Kier molecular flexibility index (Phi) is 15.6. The number of carbonyl (C=O) groups excluding carboxylic acids is 2. The number of carboxylic acid groups (broad SMARTS) is 1. The molecular weight excluding hydrogens is 638 g/mol. The van der Waals surface area contributed by atoms with Gasteiger partial charge in [-0.1, -0.05) is 31.4 Å². The molecule has 1 atom stereocenters. The molecule has 2 fully saturated rings. The van der Waals surface area contributed by atoms with Gasteiger partial charge in [0.25, 0.3) is 0 Å². The van der Waals surface area contributed by atoms with E-state index in [4.69, 9.17) is 21.7 Å². The van der Waals surface area contributed by atoms with Crippen molar-refractivity contribution in [3.8, 4) is 0 Å². The summed E-state index contributed by atoms with van der Waals surface area (Å²) in [6, 6.07) is 7.26. The Bertz CT molecular complexity index is 1460. The molecule has 0 bridgehead atoms. The first kappa shape index (κ1) is 38.4. The van der Waals surface area contributed by atoms with E-state index in [1.807, 2.05) is 24.3 Å². The molecule has 1 aromatic heterocycles. The number of rotatable bonds is 19. The maximum atomic E-state index is 12.6.